The Labute approximate surface area is 133 Å². The summed E-state index contributed by atoms with van der Waals surface area (Å²) in [4.78, 5) is 0. The largest absolute Gasteiger partial charge is 0.342 e. The molecule has 0 spiro atoms. The molecule has 3 heteroatoms. The van der Waals surface area contributed by atoms with Crippen molar-refractivity contribution in [2.24, 2.45) is 0 Å². The molecule has 0 N–H and O–H groups in total. The fourth-order valence-electron chi connectivity index (χ4n) is 3.31. The van der Waals surface area contributed by atoms with Gasteiger partial charge in [0.2, 0.25) is 6.29 Å². The van der Waals surface area contributed by atoms with Gasteiger partial charge < -0.3 is 9.47 Å². The van der Waals surface area contributed by atoms with E-state index in [1.165, 1.54) is 0 Å². The lowest BCUT2D eigenvalue weighted by atomic mass is 10.5. The minimum Gasteiger partial charge on any atom is -0.342 e. The summed E-state index contributed by atoms with van der Waals surface area (Å²) < 4.78 is 10.9. The van der Waals surface area contributed by atoms with Gasteiger partial charge in [-0.15, -0.1) is 0 Å². The molecule has 21 heavy (non-hydrogen) atoms. The van der Waals surface area contributed by atoms with E-state index in [0.29, 0.717) is 29.8 Å². The second-order valence-corrected chi connectivity index (χ2v) is 12.1. The standard InChI is InChI=1S/C18H34O2Si/c1-9-19-18(20-10-2)13-11-12-14-21(15(3)4,16(5)6)17(7)8/h12,14-18H,9-10H2,1-8H3. The van der Waals surface area contributed by atoms with Gasteiger partial charge in [0.1, 0.15) is 0 Å². The summed E-state index contributed by atoms with van der Waals surface area (Å²) in [5, 5.41) is 0. The molecule has 0 amide bonds. The first-order valence-corrected chi connectivity index (χ1v) is 10.6. The van der Waals surface area contributed by atoms with Crippen LogP contribution in [0, 0.1) is 11.8 Å². The first-order valence-electron chi connectivity index (χ1n) is 8.24. The van der Waals surface area contributed by atoms with Crippen LogP contribution < -0.4 is 0 Å². The van der Waals surface area contributed by atoms with Crippen molar-refractivity contribution >= 4 is 8.07 Å². The normalized spacial score (nSPS) is 12.8. The fraction of sp³-hybridized carbons (Fsp3) is 0.778. The molecular weight excluding hydrogens is 276 g/mol. The predicted molar refractivity (Wildman–Crippen MR) is 95.0 cm³/mol. The van der Waals surface area contributed by atoms with Crippen molar-refractivity contribution in [1.29, 1.82) is 0 Å². The molecule has 0 atom stereocenters. The molecule has 0 heterocycles. The van der Waals surface area contributed by atoms with Crippen LogP contribution in [0.25, 0.3) is 0 Å². The van der Waals surface area contributed by atoms with E-state index in [1.807, 2.05) is 19.9 Å². The van der Waals surface area contributed by atoms with Crippen LogP contribution in [0.2, 0.25) is 16.6 Å². The SMILES string of the molecule is CCOC(C#CC=C[Si](C(C)C)(C(C)C)C(C)C)OCC. The number of rotatable bonds is 8. The van der Waals surface area contributed by atoms with Crippen molar-refractivity contribution in [1.82, 2.24) is 0 Å². The van der Waals surface area contributed by atoms with Gasteiger partial charge in [-0.25, -0.2) is 0 Å². The monoisotopic (exact) mass is 310 g/mol. The topological polar surface area (TPSA) is 18.5 Å². The Hall–Kier alpha value is -0.563. The highest BCUT2D eigenvalue weighted by atomic mass is 28.3. The van der Waals surface area contributed by atoms with E-state index in [9.17, 15) is 0 Å². The average Bonchev–Trinajstić information content (AvgIpc) is 2.37. The lowest BCUT2D eigenvalue weighted by Crippen LogP contribution is -2.42. The van der Waals surface area contributed by atoms with Crippen molar-refractivity contribution in [3.63, 3.8) is 0 Å². The van der Waals surface area contributed by atoms with Crippen LogP contribution in [0.1, 0.15) is 55.4 Å². The molecule has 0 aliphatic rings. The van der Waals surface area contributed by atoms with E-state index in [0.717, 1.165) is 0 Å². The zero-order valence-electron chi connectivity index (χ0n) is 15.2. The van der Waals surface area contributed by atoms with Crippen molar-refractivity contribution in [3.8, 4) is 11.8 Å². The Morgan fingerprint density at radius 3 is 1.62 bits per heavy atom. The lowest BCUT2D eigenvalue weighted by molar-refractivity contribution is -0.0969. The van der Waals surface area contributed by atoms with Gasteiger partial charge in [-0.05, 0) is 42.5 Å². The van der Waals surface area contributed by atoms with Gasteiger partial charge in [0.05, 0.1) is 8.07 Å². The molecule has 0 radical (unpaired) electrons. The summed E-state index contributed by atoms with van der Waals surface area (Å²) in [6, 6.07) is 0. The van der Waals surface area contributed by atoms with E-state index in [-0.39, 0.29) is 0 Å². The molecule has 0 saturated heterocycles. The summed E-state index contributed by atoms with van der Waals surface area (Å²) in [6.45, 7) is 19.3. The van der Waals surface area contributed by atoms with Crippen LogP contribution in [0.5, 0.6) is 0 Å². The molecule has 0 unspecified atom stereocenters. The third kappa shape index (κ3) is 5.98. The molecule has 0 fully saturated rings. The van der Waals surface area contributed by atoms with Gasteiger partial charge >= 0.3 is 0 Å². The Morgan fingerprint density at radius 1 is 0.857 bits per heavy atom. The zero-order valence-corrected chi connectivity index (χ0v) is 16.2. The minimum atomic E-state index is -1.50. The molecule has 0 aliphatic carbocycles. The maximum atomic E-state index is 5.44. The highest BCUT2D eigenvalue weighted by molar-refractivity contribution is 6.88. The molecule has 0 aromatic carbocycles. The fourth-order valence-corrected chi connectivity index (χ4v) is 8.84. The van der Waals surface area contributed by atoms with Crippen molar-refractivity contribution in [2.45, 2.75) is 78.3 Å². The Balaban J connectivity index is 5.11. The molecule has 0 aromatic rings. The van der Waals surface area contributed by atoms with Gasteiger partial charge in [-0.2, -0.15) is 0 Å². The highest BCUT2D eigenvalue weighted by Gasteiger charge is 2.39. The molecule has 0 aliphatic heterocycles. The smallest absolute Gasteiger partial charge is 0.222 e. The molecule has 2 nitrogen and oxygen atoms in total. The predicted octanol–water partition coefficient (Wildman–Crippen LogP) is 5.16. The van der Waals surface area contributed by atoms with Crippen molar-refractivity contribution < 1.29 is 9.47 Å². The van der Waals surface area contributed by atoms with Crippen LogP contribution in [0.15, 0.2) is 11.8 Å². The van der Waals surface area contributed by atoms with Crippen LogP contribution in [-0.4, -0.2) is 27.6 Å². The average molecular weight is 311 g/mol. The number of hydrogen-bond acceptors (Lipinski definition) is 2. The zero-order chi connectivity index (χ0) is 16.5. The van der Waals surface area contributed by atoms with E-state index in [4.69, 9.17) is 9.47 Å². The molecule has 0 rings (SSSR count). The maximum absolute atomic E-state index is 5.44. The van der Waals surface area contributed by atoms with Gasteiger partial charge in [0, 0.05) is 13.2 Å². The Kier molecular flexibility index (Phi) is 9.94. The summed E-state index contributed by atoms with van der Waals surface area (Å²) in [7, 11) is -1.50. The van der Waals surface area contributed by atoms with Crippen molar-refractivity contribution in [2.75, 3.05) is 13.2 Å². The molecule has 122 valence electrons. The quantitative estimate of drug-likeness (QED) is 0.350. The second kappa shape index (κ2) is 10.2. The number of allylic oxidation sites excluding steroid dienone is 1. The number of ether oxygens (including phenoxy) is 2. The lowest BCUT2D eigenvalue weighted by Gasteiger charge is -2.40. The van der Waals surface area contributed by atoms with Crippen LogP contribution >= 0.6 is 0 Å². The molecule has 0 saturated carbocycles. The second-order valence-electron chi connectivity index (χ2n) is 6.33. The van der Waals surface area contributed by atoms with Gasteiger partial charge in [0.15, 0.2) is 0 Å². The Morgan fingerprint density at radius 2 is 1.29 bits per heavy atom. The van der Waals surface area contributed by atoms with Gasteiger partial charge in [0.25, 0.3) is 0 Å². The Bertz CT molecular complexity index is 333. The molecular formula is C18H34O2Si. The van der Waals surface area contributed by atoms with E-state index in [2.05, 4.69) is 59.1 Å². The highest BCUT2D eigenvalue weighted by Crippen LogP contribution is 2.42. The van der Waals surface area contributed by atoms with Gasteiger partial charge in [-0.3, -0.25) is 0 Å². The van der Waals surface area contributed by atoms with E-state index in [1.54, 1.807) is 0 Å². The van der Waals surface area contributed by atoms with E-state index >= 15 is 0 Å². The third-order valence-electron chi connectivity index (χ3n) is 4.29. The third-order valence-corrected chi connectivity index (χ3v) is 11.0. The van der Waals surface area contributed by atoms with Gasteiger partial charge in [-0.1, -0.05) is 53.2 Å². The molecule has 0 aromatic heterocycles. The first kappa shape index (κ1) is 20.4. The number of hydrogen-bond donors (Lipinski definition) is 0. The first-order chi connectivity index (χ1) is 9.82. The van der Waals surface area contributed by atoms with Crippen LogP contribution in [0.3, 0.4) is 0 Å². The van der Waals surface area contributed by atoms with Crippen LogP contribution in [0.4, 0.5) is 0 Å². The molecule has 0 bridgehead atoms. The van der Waals surface area contributed by atoms with Crippen molar-refractivity contribution in [3.05, 3.63) is 11.8 Å². The van der Waals surface area contributed by atoms with E-state index < -0.39 is 14.4 Å². The maximum Gasteiger partial charge on any atom is 0.222 e. The summed E-state index contributed by atoms with van der Waals surface area (Å²) in [5.41, 5.74) is 4.56. The summed E-state index contributed by atoms with van der Waals surface area (Å²) >= 11 is 0. The summed E-state index contributed by atoms with van der Waals surface area (Å²) in [5.74, 6) is 6.18. The van der Waals surface area contributed by atoms with Crippen LogP contribution in [-0.2, 0) is 9.47 Å². The minimum absolute atomic E-state index is 0.405. The summed E-state index contributed by atoms with van der Waals surface area (Å²) in [6.07, 6.45) is 1.63.